The summed E-state index contributed by atoms with van der Waals surface area (Å²) in [6, 6.07) is 1.88. The Bertz CT molecular complexity index is 578. The third-order valence-corrected chi connectivity index (χ3v) is 6.62. The van der Waals surface area contributed by atoms with Gasteiger partial charge in [-0.15, -0.1) is 0 Å². The Morgan fingerprint density at radius 3 is 2.47 bits per heavy atom. The summed E-state index contributed by atoms with van der Waals surface area (Å²) in [6.45, 7) is -0.0465. The fourth-order valence-electron chi connectivity index (χ4n) is 1.33. The van der Waals surface area contributed by atoms with Crippen LogP contribution in [0.3, 0.4) is 0 Å². The highest BCUT2D eigenvalue weighted by Crippen LogP contribution is 2.09. The highest BCUT2D eigenvalue weighted by atomic mass is 32.2. The van der Waals surface area contributed by atoms with Gasteiger partial charge in [-0.3, -0.25) is 0 Å². The molecule has 0 saturated heterocycles. The standard InChI is InChI=1S/C10H18N2O4S3/c1-11-18(13,14)8-5-12(2)19(15,16)7-4-10-3-6-17-9-10/h3,6,9,11H,4-5,7-8H2,1-2H3. The van der Waals surface area contributed by atoms with Crippen molar-refractivity contribution in [1.29, 1.82) is 0 Å². The van der Waals surface area contributed by atoms with Gasteiger partial charge in [0.15, 0.2) is 0 Å². The number of hydrogen-bond donors (Lipinski definition) is 1. The van der Waals surface area contributed by atoms with E-state index < -0.39 is 20.0 Å². The lowest BCUT2D eigenvalue weighted by Crippen LogP contribution is -2.36. The molecule has 1 N–H and O–H groups in total. The predicted octanol–water partition coefficient (Wildman–Crippen LogP) is 0.101. The van der Waals surface area contributed by atoms with Crippen LogP contribution in [0, 0.1) is 0 Å². The first-order valence-corrected chi connectivity index (χ1v) is 9.83. The average molecular weight is 326 g/mol. The molecule has 0 unspecified atom stereocenters. The quantitative estimate of drug-likeness (QED) is 0.734. The molecule has 9 heteroatoms. The zero-order valence-electron chi connectivity index (χ0n) is 10.9. The van der Waals surface area contributed by atoms with Crippen LogP contribution in [0.25, 0.3) is 0 Å². The molecule has 19 heavy (non-hydrogen) atoms. The maximum Gasteiger partial charge on any atom is 0.214 e. The van der Waals surface area contributed by atoms with Crippen molar-refractivity contribution in [2.45, 2.75) is 6.42 Å². The van der Waals surface area contributed by atoms with Crippen molar-refractivity contribution in [2.24, 2.45) is 0 Å². The van der Waals surface area contributed by atoms with Gasteiger partial charge in [-0.2, -0.15) is 11.3 Å². The molecule has 6 nitrogen and oxygen atoms in total. The van der Waals surface area contributed by atoms with E-state index in [0.717, 1.165) is 9.87 Å². The first-order valence-electron chi connectivity index (χ1n) is 5.63. The second-order valence-electron chi connectivity index (χ2n) is 4.04. The number of sulfonamides is 2. The molecule has 0 radical (unpaired) electrons. The molecule has 0 saturated carbocycles. The van der Waals surface area contributed by atoms with Gasteiger partial charge in [0.25, 0.3) is 0 Å². The van der Waals surface area contributed by atoms with Crippen molar-refractivity contribution in [3.8, 4) is 0 Å². The summed E-state index contributed by atoms with van der Waals surface area (Å²) in [6.07, 6.45) is 0.439. The highest BCUT2D eigenvalue weighted by molar-refractivity contribution is 7.90. The number of thiophene rings is 1. The summed E-state index contributed by atoms with van der Waals surface area (Å²) in [4.78, 5) is 0. The van der Waals surface area contributed by atoms with Crippen LogP contribution in [0.15, 0.2) is 16.8 Å². The summed E-state index contributed by atoms with van der Waals surface area (Å²) in [5.41, 5.74) is 0.977. The third kappa shape index (κ3) is 5.57. The SMILES string of the molecule is CNS(=O)(=O)CCN(C)S(=O)(=O)CCc1ccsc1. The van der Waals surface area contributed by atoms with Gasteiger partial charge >= 0.3 is 0 Å². The van der Waals surface area contributed by atoms with Crippen LogP contribution in [0.5, 0.6) is 0 Å². The van der Waals surface area contributed by atoms with E-state index in [4.69, 9.17) is 0 Å². The minimum atomic E-state index is -3.42. The van der Waals surface area contributed by atoms with Crippen molar-refractivity contribution in [1.82, 2.24) is 9.03 Å². The van der Waals surface area contributed by atoms with E-state index in [1.807, 2.05) is 16.8 Å². The smallest absolute Gasteiger partial charge is 0.214 e. The minimum absolute atomic E-state index is 0.0141. The van der Waals surface area contributed by atoms with E-state index in [1.54, 1.807) is 0 Å². The molecule has 1 aromatic rings. The zero-order chi connectivity index (χ0) is 14.5. The number of hydrogen-bond acceptors (Lipinski definition) is 5. The van der Waals surface area contributed by atoms with Gasteiger partial charge in [-0.05, 0) is 35.9 Å². The normalized spacial score (nSPS) is 13.0. The number of nitrogens with one attached hydrogen (secondary N) is 1. The zero-order valence-corrected chi connectivity index (χ0v) is 13.3. The molecule has 0 aromatic carbocycles. The number of aryl methyl sites for hydroxylation is 1. The van der Waals surface area contributed by atoms with Gasteiger partial charge in [0.05, 0.1) is 11.5 Å². The fourth-order valence-corrected chi connectivity index (χ4v) is 4.04. The molecule has 1 heterocycles. The molecule has 0 spiro atoms. The Labute approximate surface area is 118 Å². The van der Waals surface area contributed by atoms with Gasteiger partial charge in [0.1, 0.15) is 0 Å². The van der Waals surface area contributed by atoms with E-state index in [1.165, 1.54) is 25.4 Å². The van der Waals surface area contributed by atoms with Crippen LogP contribution in [-0.2, 0) is 26.5 Å². The van der Waals surface area contributed by atoms with Crippen LogP contribution in [0.2, 0.25) is 0 Å². The summed E-state index contributed by atoms with van der Waals surface area (Å²) in [7, 11) is -4.11. The van der Waals surface area contributed by atoms with Crippen LogP contribution in [-0.4, -0.2) is 53.3 Å². The van der Waals surface area contributed by atoms with E-state index in [0.29, 0.717) is 6.42 Å². The van der Waals surface area contributed by atoms with Gasteiger partial charge < -0.3 is 0 Å². The first kappa shape index (κ1) is 16.6. The van der Waals surface area contributed by atoms with Crippen molar-refractivity contribution < 1.29 is 16.8 Å². The Kier molecular flexibility index (Phi) is 5.93. The molecule has 0 bridgehead atoms. The molecule has 110 valence electrons. The summed E-state index contributed by atoms with van der Waals surface area (Å²) < 4.78 is 49.6. The van der Waals surface area contributed by atoms with E-state index in [-0.39, 0.29) is 18.1 Å². The molecule has 0 aliphatic carbocycles. The maximum atomic E-state index is 11.9. The topological polar surface area (TPSA) is 83.6 Å². The average Bonchev–Trinajstić information content (AvgIpc) is 2.87. The Morgan fingerprint density at radius 2 is 1.95 bits per heavy atom. The molecule has 0 atom stereocenters. The highest BCUT2D eigenvalue weighted by Gasteiger charge is 2.19. The molecule has 0 aliphatic heterocycles. The lowest BCUT2D eigenvalue weighted by molar-refractivity contribution is 0.483. The molecular formula is C10H18N2O4S3. The van der Waals surface area contributed by atoms with Crippen LogP contribution < -0.4 is 4.72 Å². The van der Waals surface area contributed by atoms with Gasteiger partial charge in [0.2, 0.25) is 20.0 Å². The predicted molar refractivity (Wildman–Crippen MR) is 77.3 cm³/mol. The second kappa shape index (κ2) is 6.80. The van der Waals surface area contributed by atoms with E-state index in [9.17, 15) is 16.8 Å². The minimum Gasteiger partial charge on any atom is -0.218 e. The summed E-state index contributed by atoms with van der Waals surface area (Å²) in [5, 5.41) is 3.80. The van der Waals surface area contributed by atoms with Crippen molar-refractivity contribution in [3.63, 3.8) is 0 Å². The Balaban J connectivity index is 2.52. The summed E-state index contributed by atoms with van der Waals surface area (Å²) in [5.74, 6) is -0.252. The summed E-state index contributed by atoms with van der Waals surface area (Å²) >= 11 is 1.52. The van der Waals surface area contributed by atoms with E-state index >= 15 is 0 Å². The molecule has 0 fully saturated rings. The van der Waals surface area contributed by atoms with Crippen molar-refractivity contribution in [3.05, 3.63) is 22.4 Å². The van der Waals surface area contributed by atoms with Gasteiger partial charge in [-0.25, -0.2) is 25.9 Å². The van der Waals surface area contributed by atoms with Crippen LogP contribution in [0.1, 0.15) is 5.56 Å². The third-order valence-electron chi connectivity index (χ3n) is 2.69. The molecular weight excluding hydrogens is 308 g/mol. The number of rotatable bonds is 8. The van der Waals surface area contributed by atoms with Gasteiger partial charge in [-0.1, -0.05) is 0 Å². The van der Waals surface area contributed by atoms with Gasteiger partial charge in [0, 0.05) is 13.6 Å². The monoisotopic (exact) mass is 326 g/mol. The lowest BCUT2D eigenvalue weighted by Gasteiger charge is -2.16. The van der Waals surface area contributed by atoms with E-state index in [2.05, 4.69) is 4.72 Å². The Morgan fingerprint density at radius 1 is 1.26 bits per heavy atom. The number of nitrogens with zero attached hydrogens (tertiary/aromatic N) is 1. The lowest BCUT2D eigenvalue weighted by atomic mass is 10.3. The second-order valence-corrected chi connectivity index (χ2v) is 9.06. The Hall–Kier alpha value is -0.480. The van der Waals surface area contributed by atoms with Crippen molar-refractivity contribution in [2.75, 3.05) is 32.1 Å². The molecule has 1 aromatic heterocycles. The maximum absolute atomic E-state index is 11.9. The van der Waals surface area contributed by atoms with Crippen LogP contribution in [0.4, 0.5) is 0 Å². The largest absolute Gasteiger partial charge is 0.218 e. The first-order chi connectivity index (χ1) is 8.77. The molecule has 0 aliphatic rings. The molecule has 1 rings (SSSR count). The van der Waals surface area contributed by atoms with Crippen molar-refractivity contribution >= 4 is 31.4 Å². The fraction of sp³-hybridized carbons (Fsp3) is 0.600. The molecule has 0 amide bonds. The van der Waals surface area contributed by atoms with Crippen LogP contribution >= 0.6 is 11.3 Å².